The van der Waals surface area contributed by atoms with E-state index >= 15 is 0 Å². The summed E-state index contributed by atoms with van der Waals surface area (Å²) in [5, 5.41) is 4.54. The van der Waals surface area contributed by atoms with Crippen LogP contribution in [0.15, 0.2) is 27.2 Å². The fourth-order valence-electron chi connectivity index (χ4n) is 1.81. The van der Waals surface area contributed by atoms with Crippen LogP contribution < -0.4 is 0 Å². The predicted molar refractivity (Wildman–Crippen MR) is 77.5 cm³/mol. The van der Waals surface area contributed by atoms with Crippen LogP contribution in [0.3, 0.4) is 0 Å². The minimum atomic E-state index is -0.262. The SMILES string of the molecule is O=C1CSCC1c1nc(-c2ccc(Cl)c(Br)c2)no1. The third-order valence-electron chi connectivity index (χ3n) is 2.84. The molecule has 1 aromatic carbocycles. The second-order valence-electron chi connectivity index (χ2n) is 4.12. The lowest BCUT2D eigenvalue weighted by molar-refractivity contribution is -0.117. The maximum Gasteiger partial charge on any atom is 0.238 e. The molecule has 1 aliphatic heterocycles. The zero-order valence-corrected chi connectivity index (χ0v) is 12.8. The molecule has 1 aliphatic rings. The smallest absolute Gasteiger partial charge is 0.238 e. The van der Waals surface area contributed by atoms with E-state index in [9.17, 15) is 4.79 Å². The van der Waals surface area contributed by atoms with Crippen LogP contribution in [0.4, 0.5) is 0 Å². The van der Waals surface area contributed by atoms with Crippen LogP contribution in [0, 0.1) is 0 Å². The van der Waals surface area contributed by atoms with Crippen LogP contribution in [0.5, 0.6) is 0 Å². The fraction of sp³-hybridized carbons (Fsp3) is 0.250. The van der Waals surface area contributed by atoms with E-state index in [1.165, 1.54) is 0 Å². The molecule has 0 amide bonds. The number of hydrogen-bond donors (Lipinski definition) is 0. The number of thioether (sulfide) groups is 1. The Bertz CT molecular complexity index is 646. The molecule has 1 aromatic heterocycles. The van der Waals surface area contributed by atoms with Gasteiger partial charge >= 0.3 is 0 Å². The highest BCUT2D eigenvalue weighted by Crippen LogP contribution is 2.31. The normalized spacial score (nSPS) is 19.1. The summed E-state index contributed by atoms with van der Waals surface area (Å²) in [6.07, 6.45) is 0. The van der Waals surface area contributed by atoms with E-state index in [1.54, 1.807) is 17.8 Å². The maximum atomic E-state index is 11.6. The van der Waals surface area contributed by atoms with Gasteiger partial charge in [0.05, 0.1) is 10.8 Å². The third-order valence-corrected chi connectivity index (χ3v) is 5.11. The zero-order chi connectivity index (χ0) is 13.4. The lowest BCUT2D eigenvalue weighted by atomic mass is 10.1. The minimum Gasteiger partial charge on any atom is -0.338 e. The van der Waals surface area contributed by atoms with Gasteiger partial charge in [0, 0.05) is 15.8 Å². The van der Waals surface area contributed by atoms with Gasteiger partial charge in [-0.05, 0) is 34.1 Å². The van der Waals surface area contributed by atoms with Gasteiger partial charge in [-0.2, -0.15) is 16.7 Å². The standard InChI is InChI=1S/C12H8BrClN2O2S/c13-8-3-6(1-2-9(8)14)11-15-12(18-16-11)7-4-19-5-10(7)17/h1-3,7H,4-5H2. The second kappa shape index (κ2) is 5.26. The number of ketones is 1. The Hall–Kier alpha value is -0.850. The van der Waals surface area contributed by atoms with Crippen molar-refractivity contribution >= 4 is 45.1 Å². The van der Waals surface area contributed by atoms with Crippen molar-refractivity contribution in [2.45, 2.75) is 5.92 Å². The van der Waals surface area contributed by atoms with Crippen LogP contribution >= 0.6 is 39.3 Å². The molecular weight excluding hydrogens is 352 g/mol. The largest absolute Gasteiger partial charge is 0.338 e. The van der Waals surface area contributed by atoms with Gasteiger partial charge < -0.3 is 4.52 Å². The summed E-state index contributed by atoms with van der Waals surface area (Å²) in [5.41, 5.74) is 0.796. The first-order valence-electron chi connectivity index (χ1n) is 5.54. The van der Waals surface area contributed by atoms with Crippen LogP contribution in [-0.2, 0) is 4.79 Å². The Morgan fingerprint density at radius 2 is 2.32 bits per heavy atom. The number of hydrogen-bond acceptors (Lipinski definition) is 5. The second-order valence-corrected chi connectivity index (χ2v) is 6.41. The number of halogens is 2. The summed E-state index contributed by atoms with van der Waals surface area (Å²) < 4.78 is 5.97. The lowest BCUT2D eigenvalue weighted by Gasteiger charge is -1.99. The van der Waals surface area contributed by atoms with Crippen molar-refractivity contribution in [1.82, 2.24) is 10.1 Å². The summed E-state index contributed by atoms with van der Waals surface area (Å²) in [4.78, 5) is 16.0. The number of carbonyl (C=O) groups is 1. The Labute approximate surface area is 127 Å². The minimum absolute atomic E-state index is 0.150. The highest BCUT2D eigenvalue weighted by atomic mass is 79.9. The van der Waals surface area contributed by atoms with E-state index in [-0.39, 0.29) is 11.7 Å². The molecule has 3 rings (SSSR count). The van der Waals surface area contributed by atoms with Crippen molar-refractivity contribution in [3.05, 3.63) is 33.6 Å². The molecule has 0 bridgehead atoms. The average molecular weight is 360 g/mol. The number of aromatic nitrogens is 2. The number of benzene rings is 1. The topological polar surface area (TPSA) is 56.0 Å². The predicted octanol–water partition coefficient (Wildman–Crippen LogP) is 3.55. The summed E-state index contributed by atoms with van der Waals surface area (Å²) in [5.74, 6) is 1.99. The summed E-state index contributed by atoms with van der Waals surface area (Å²) in [6, 6.07) is 5.39. The van der Waals surface area contributed by atoms with E-state index in [2.05, 4.69) is 26.1 Å². The summed E-state index contributed by atoms with van der Waals surface area (Å²) >= 11 is 10.9. The van der Waals surface area contributed by atoms with Gasteiger partial charge in [-0.3, -0.25) is 4.79 Å². The highest BCUT2D eigenvalue weighted by molar-refractivity contribution is 9.10. The van der Waals surface area contributed by atoms with Crippen LogP contribution in [0.2, 0.25) is 5.02 Å². The molecule has 1 saturated heterocycles. The van der Waals surface area contributed by atoms with E-state index in [1.807, 2.05) is 12.1 Å². The number of Topliss-reactive ketones (excluding diaryl/α,β-unsaturated/α-hetero) is 1. The zero-order valence-electron chi connectivity index (χ0n) is 9.60. The van der Waals surface area contributed by atoms with Gasteiger partial charge in [0.25, 0.3) is 0 Å². The first-order valence-corrected chi connectivity index (χ1v) is 7.87. The maximum absolute atomic E-state index is 11.6. The molecule has 1 fully saturated rings. The molecule has 2 aromatic rings. The monoisotopic (exact) mass is 358 g/mol. The summed E-state index contributed by atoms with van der Waals surface area (Å²) in [7, 11) is 0. The summed E-state index contributed by atoms with van der Waals surface area (Å²) in [6.45, 7) is 0. The first-order chi connectivity index (χ1) is 9.15. The van der Waals surface area contributed by atoms with Gasteiger partial charge in [-0.25, -0.2) is 0 Å². The molecule has 1 unspecified atom stereocenters. The number of nitrogens with zero attached hydrogens (tertiary/aromatic N) is 2. The van der Waals surface area contributed by atoms with E-state index in [4.69, 9.17) is 16.1 Å². The number of carbonyl (C=O) groups excluding carboxylic acids is 1. The lowest BCUT2D eigenvalue weighted by Crippen LogP contribution is -2.09. The van der Waals surface area contributed by atoms with Gasteiger partial charge in [-0.1, -0.05) is 16.8 Å². The molecule has 0 radical (unpaired) electrons. The molecular formula is C12H8BrClN2O2S. The molecule has 0 aliphatic carbocycles. The highest BCUT2D eigenvalue weighted by Gasteiger charge is 2.31. The van der Waals surface area contributed by atoms with Crippen LogP contribution in [0.25, 0.3) is 11.4 Å². The van der Waals surface area contributed by atoms with Crippen molar-refractivity contribution in [2.75, 3.05) is 11.5 Å². The molecule has 4 nitrogen and oxygen atoms in total. The van der Waals surface area contributed by atoms with E-state index < -0.39 is 0 Å². The number of rotatable bonds is 2. The Morgan fingerprint density at radius 3 is 3.00 bits per heavy atom. The molecule has 0 N–H and O–H groups in total. The van der Waals surface area contributed by atoms with E-state index in [0.717, 1.165) is 10.0 Å². The fourth-order valence-corrected chi connectivity index (χ4v) is 3.39. The van der Waals surface area contributed by atoms with Gasteiger partial charge in [0.15, 0.2) is 5.78 Å². The molecule has 19 heavy (non-hydrogen) atoms. The van der Waals surface area contributed by atoms with Gasteiger partial charge in [0.2, 0.25) is 11.7 Å². The Morgan fingerprint density at radius 1 is 1.47 bits per heavy atom. The van der Waals surface area contributed by atoms with Crippen LogP contribution in [0.1, 0.15) is 11.8 Å². The van der Waals surface area contributed by atoms with Crippen molar-refractivity contribution in [2.24, 2.45) is 0 Å². The Kier molecular flexibility index (Phi) is 3.64. The molecule has 98 valence electrons. The quantitative estimate of drug-likeness (QED) is 0.820. The van der Waals surface area contributed by atoms with Crippen molar-refractivity contribution in [3.8, 4) is 11.4 Å². The van der Waals surface area contributed by atoms with Crippen molar-refractivity contribution < 1.29 is 9.32 Å². The molecule has 0 saturated carbocycles. The molecule has 1 atom stereocenters. The molecule has 0 spiro atoms. The first kappa shape index (κ1) is 13.1. The van der Waals surface area contributed by atoms with Gasteiger partial charge in [0.1, 0.15) is 5.92 Å². The molecule has 2 heterocycles. The van der Waals surface area contributed by atoms with Crippen molar-refractivity contribution in [3.63, 3.8) is 0 Å². The van der Waals surface area contributed by atoms with Crippen LogP contribution in [-0.4, -0.2) is 27.4 Å². The third kappa shape index (κ3) is 2.57. The van der Waals surface area contributed by atoms with E-state index in [0.29, 0.717) is 28.2 Å². The van der Waals surface area contributed by atoms with Gasteiger partial charge in [-0.15, -0.1) is 0 Å². The Balaban J connectivity index is 1.92. The van der Waals surface area contributed by atoms with Crippen molar-refractivity contribution in [1.29, 1.82) is 0 Å². The average Bonchev–Trinajstić information content (AvgIpc) is 3.01. The molecule has 7 heteroatoms.